The van der Waals surface area contributed by atoms with Gasteiger partial charge in [0.05, 0.1) is 11.9 Å². The molecule has 7 heteroatoms. The maximum atomic E-state index is 12.6. The van der Waals surface area contributed by atoms with Crippen LogP contribution in [0.4, 0.5) is 0 Å². The Bertz CT molecular complexity index is 1430. The van der Waals surface area contributed by atoms with Gasteiger partial charge in [0.2, 0.25) is 5.76 Å². The molecule has 1 aliphatic carbocycles. The van der Waals surface area contributed by atoms with Crippen LogP contribution in [0.2, 0.25) is 0 Å². The van der Waals surface area contributed by atoms with Gasteiger partial charge in [-0.05, 0) is 41.7 Å². The molecule has 3 heterocycles. The van der Waals surface area contributed by atoms with Gasteiger partial charge in [-0.1, -0.05) is 47.6 Å². The zero-order valence-electron chi connectivity index (χ0n) is 17.8. The van der Waals surface area contributed by atoms with Gasteiger partial charge in [-0.25, -0.2) is 9.97 Å². The van der Waals surface area contributed by atoms with E-state index in [1.54, 1.807) is 12.4 Å². The SMILES string of the molecule is O=C(NCC1(c2cccc(-c3ncnc4[nH]ccc34)c2)Cc2ccccc2C1)c1ccno1. The van der Waals surface area contributed by atoms with E-state index in [1.165, 1.54) is 17.3 Å². The third kappa shape index (κ3) is 3.38. The second kappa shape index (κ2) is 7.70. The summed E-state index contributed by atoms with van der Waals surface area (Å²) in [7, 11) is 0. The summed E-state index contributed by atoms with van der Waals surface area (Å²) in [6, 6.07) is 20.5. The quantitative estimate of drug-likeness (QED) is 0.434. The number of nitrogens with zero attached hydrogens (tertiary/aromatic N) is 3. The first kappa shape index (κ1) is 19.4. The van der Waals surface area contributed by atoms with E-state index in [-0.39, 0.29) is 17.1 Å². The molecule has 0 atom stereocenters. The minimum Gasteiger partial charge on any atom is -0.351 e. The van der Waals surface area contributed by atoms with Gasteiger partial charge in [0.25, 0.3) is 5.91 Å². The van der Waals surface area contributed by atoms with Crippen LogP contribution >= 0.6 is 0 Å². The van der Waals surface area contributed by atoms with E-state index in [2.05, 4.69) is 74.0 Å². The molecule has 1 aliphatic rings. The van der Waals surface area contributed by atoms with Gasteiger partial charge in [0.15, 0.2) is 0 Å². The molecule has 5 aromatic rings. The summed E-state index contributed by atoms with van der Waals surface area (Å²) in [6.45, 7) is 0.480. The lowest BCUT2D eigenvalue weighted by Crippen LogP contribution is -2.41. The van der Waals surface area contributed by atoms with E-state index in [4.69, 9.17) is 4.52 Å². The zero-order valence-corrected chi connectivity index (χ0v) is 17.8. The average molecular weight is 435 g/mol. The van der Waals surface area contributed by atoms with Crippen LogP contribution < -0.4 is 5.32 Å². The first-order valence-electron chi connectivity index (χ1n) is 10.9. The number of hydrogen-bond donors (Lipinski definition) is 2. The minimum atomic E-state index is -0.278. The molecule has 0 saturated carbocycles. The fourth-order valence-electron chi connectivity index (χ4n) is 4.89. The monoisotopic (exact) mass is 435 g/mol. The van der Waals surface area contributed by atoms with Crippen molar-refractivity contribution >= 4 is 16.9 Å². The summed E-state index contributed by atoms with van der Waals surface area (Å²) in [5.74, 6) is -0.0472. The average Bonchev–Trinajstić information content (AvgIpc) is 3.62. The summed E-state index contributed by atoms with van der Waals surface area (Å²) < 4.78 is 5.04. The first-order chi connectivity index (χ1) is 16.2. The van der Waals surface area contributed by atoms with Crippen LogP contribution in [0.5, 0.6) is 0 Å². The summed E-state index contributed by atoms with van der Waals surface area (Å²) in [6.07, 6.45) is 6.61. The van der Waals surface area contributed by atoms with Gasteiger partial charge in [-0.3, -0.25) is 4.79 Å². The molecule has 1 amide bonds. The molecule has 0 fully saturated rings. The number of aromatic nitrogens is 4. The number of amides is 1. The molecule has 0 spiro atoms. The Kier molecular flexibility index (Phi) is 4.54. The smallest absolute Gasteiger partial charge is 0.289 e. The van der Waals surface area contributed by atoms with Crippen molar-refractivity contribution in [1.29, 1.82) is 0 Å². The number of H-pyrrole nitrogens is 1. The van der Waals surface area contributed by atoms with Gasteiger partial charge >= 0.3 is 0 Å². The molecule has 0 aliphatic heterocycles. The minimum absolute atomic E-state index is 0.213. The molecular weight excluding hydrogens is 414 g/mol. The largest absolute Gasteiger partial charge is 0.351 e. The third-order valence-electron chi connectivity index (χ3n) is 6.53. The Labute approximate surface area is 189 Å². The van der Waals surface area contributed by atoms with E-state index in [0.29, 0.717) is 6.54 Å². The fraction of sp³-hybridized carbons (Fsp3) is 0.154. The van der Waals surface area contributed by atoms with Crippen molar-refractivity contribution in [1.82, 2.24) is 25.4 Å². The second-order valence-electron chi connectivity index (χ2n) is 8.50. The molecule has 0 bridgehead atoms. The van der Waals surface area contributed by atoms with Crippen molar-refractivity contribution in [2.45, 2.75) is 18.3 Å². The van der Waals surface area contributed by atoms with Crippen molar-refractivity contribution in [2.24, 2.45) is 0 Å². The molecule has 6 rings (SSSR count). The highest BCUT2D eigenvalue weighted by molar-refractivity contribution is 5.91. The molecule has 0 saturated heterocycles. The third-order valence-corrected chi connectivity index (χ3v) is 6.53. The number of aromatic amines is 1. The Morgan fingerprint density at radius 1 is 1.03 bits per heavy atom. The number of carbonyl (C=O) groups excluding carboxylic acids is 1. The van der Waals surface area contributed by atoms with Gasteiger partial charge < -0.3 is 14.8 Å². The van der Waals surface area contributed by atoms with Crippen molar-refractivity contribution in [2.75, 3.05) is 6.54 Å². The number of fused-ring (bicyclic) bond motifs is 2. The lowest BCUT2D eigenvalue weighted by molar-refractivity contribution is 0.0906. The van der Waals surface area contributed by atoms with Crippen LogP contribution in [0.1, 0.15) is 27.2 Å². The predicted octanol–water partition coefficient (Wildman–Crippen LogP) is 4.08. The number of nitrogens with one attached hydrogen (secondary N) is 2. The van der Waals surface area contributed by atoms with E-state index in [1.807, 2.05) is 12.3 Å². The van der Waals surface area contributed by atoms with Crippen LogP contribution in [0, 0.1) is 0 Å². The topological polar surface area (TPSA) is 96.7 Å². The predicted molar refractivity (Wildman–Crippen MR) is 124 cm³/mol. The number of hydrogen-bond acceptors (Lipinski definition) is 5. The molecule has 2 N–H and O–H groups in total. The molecule has 0 unspecified atom stereocenters. The van der Waals surface area contributed by atoms with Crippen molar-refractivity contribution < 1.29 is 9.32 Å². The Hall–Kier alpha value is -4.26. The van der Waals surface area contributed by atoms with Crippen molar-refractivity contribution in [3.05, 3.63) is 102 Å². The maximum absolute atomic E-state index is 12.6. The van der Waals surface area contributed by atoms with Gasteiger partial charge in [-0.15, -0.1) is 0 Å². The highest BCUT2D eigenvalue weighted by Gasteiger charge is 2.39. The van der Waals surface area contributed by atoms with Gasteiger partial charge in [-0.2, -0.15) is 0 Å². The Morgan fingerprint density at radius 2 is 1.88 bits per heavy atom. The lowest BCUT2D eigenvalue weighted by Gasteiger charge is -2.30. The van der Waals surface area contributed by atoms with Gasteiger partial charge in [0.1, 0.15) is 12.0 Å². The molecule has 3 aromatic heterocycles. The van der Waals surface area contributed by atoms with E-state index >= 15 is 0 Å². The van der Waals surface area contributed by atoms with E-state index < -0.39 is 0 Å². The number of carbonyl (C=O) groups is 1. The standard InChI is InChI=1S/C26H21N5O2/c32-25(22-9-11-31-33-22)28-15-26(13-18-4-1-2-5-19(18)14-26)20-7-3-6-17(12-20)23-21-8-10-27-24(21)30-16-29-23/h1-12,16H,13-15H2,(H,28,32)(H,27,29,30). The normalized spacial score (nSPS) is 14.3. The lowest BCUT2D eigenvalue weighted by atomic mass is 9.77. The van der Waals surface area contributed by atoms with Crippen LogP contribution in [-0.4, -0.2) is 32.6 Å². The zero-order chi connectivity index (χ0) is 22.3. The molecular formula is C26H21N5O2. The Morgan fingerprint density at radius 3 is 2.67 bits per heavy atom. The molecule has 7 nitrogen and oxygen atoms in total. The maximum Gasteiger partial charge on any atom is 0.289 e. The van der Waals surface area contributed by atoms with E-state index in [0.717, 1.165) is 40.7 Å². The molecule has 162 valence electrons. The van der Waals surface area contributed by atoms with Crippen molar-refractivity contribution in [3.63, 3.8) is 0 Å². The molecule has 33 heavy (non-hydrogen) atoms. The highest BCUT2D eigenvalue weighted by atomic mass is 16.5. The van der Waals surface area contributed by atoms with Crippen LogP contribution in [-0.2, 0) is 18.3 Å². The highest BCUT2D eigenvalue weighted by Crippen LogP contribution is 2.41. The molecule has 0 radical (unpaired) electrons. The number of rotatable bonds is 5. The summed E-state index contributed by atoms with van der Waals surface area (Å²) in [5, 5.41) is 7.71. The fourth-order valence-corrected chi connectivity index (χ4v) is 4.89. The van der Waals surface area contributed by atoms with E-state index in [9.17, 15) is 4.79 Å². The summed E-state index contributed by atoms with van der Waals surface area (Å²) >= 11 is 0. The van der Waals surface area contributed by atoms with Gasteiger partial charge in [0, 0.05) is 35.2 Å². The van der Waals surface area contributed by atoms with Crippen LogP contribution in [0.15, 0.2) is 83.9 Å². The number of benzene rings is 2. The first-order valence-corrected chi connectivity index (χ1v) is 10.9. The van der Waals surface area contributed by atoms with Crippen molar-refractivity contribution in [3.8, 4) is 11.3 Å². The summed E-state index contributed by atoms with van der Waals surface area (Å²) in [4.78, 5) is 24.7. The van der Waals surface area contributed by atoms with Crippen LogP contribution in [0.3, 0.4) is 0 Å². The summed E-state index contributed by atoms with van der Waals surface area (Å²) in [5.41, 5.74) is 6.23. The van der Waals surface area contributed by atoms with Crippen LogP contribution in [0.25, 0.3) is 22.3 Å². The molecule has 2 aromatic carbocycles. The second-order valence-corrected chi connectivity index (χ2v) is 8.50. The Balaban J connectivity index is 1.40.